The van der Waals surface area contributed by atoms with Gasteiger partial charge in [-0.3, -0.25) is 9.79 Å². The van der Waals surface area contributed by atoms with Gasteiger partial charge in [-0.05, 0) is 75.3 Å². The Bertz CT molecular complexity index is 1180. The van der Waals surface area contributed by atoms with Gasteiger partial charge in [0.25, 0.3) is 5.91 Å². The fourth-order valence-electron chi connectivity index (χ4n) is 5.35. The number of hydrogen-bond acceptors (Lipinski definition) is 7. The van der Waals surface area contributed by atoms with E-state index in [9.17, 15) is 9.90 Å². The van der Waals surface area contributed by atoms with Crippen LogP contribution in [0.5, 0.6) is 0 Å². The molecular weight excluding hydrogens is 440 g/mol. The Morgan fingerprint density at radius 1 is 1.31 bits per heavy atom. The number of nitrogens with two attached hydrogens (primary N) is 1. The molecule has 1 amide bonds. The van der Waals surface area contributed by atoms with Crippen LogP contribution >= 0.6 is 0 Å². The molecule has 5 rings (SSSR count). The number of pyridine rings is 1. The summed E-state index contributed by atoms with van der Waals surface area (Å²) in [5, 5.41) is 16.8. The molecule has 0 aliphatic carbocycles. The largest absolute Gasteiger partial charge is 0.404 e. The molecule has 0 spiro atoms. The molecule has 8 nitrogen and oxygen atoms in total. The van der Waals surface area contributed by atoms with Gasteiger partial charge in [-0.15, -0.1) is 0 Å². The first-order chi connectivity index (χ1) is 16.9. The molecule has 35 heavy (non-hydrogen) atoms. The predicted molar refractivity (Wildman–Crippen MR) is 140 cm³/mol. The third-order valence-electron chi connectivity index (χ3n) is 7.34. The van der Waals surface area contributed by atoms with E-state index in [2.05, 4.69) is 27.4 Å². The van der Waals surface area contributed by atoms with Gasteiger partial charge in [-0.2, -0.15) is 0 Å². The Hall–Kier alpha value is -3.39. The third-order valence-corrected chi connectivity index (χ3v) is 7.34. The smallest absolute Gasteiger partial charge is 0.254 e. The van der Waals surface area contributed by atoms with Crippen LogP contribution in [0.25, 0.3) is 5.57 Å². The van der Waals surface area contributed by atoms with Crippen molar-refractivity contribution in [2.24, 2.45) is 10.7 Å². The summed E-state index contributed by atoms with van der Waals surface area (Å²) in [5.41, 5.74) is 11.5. The van der Waals surface area contributed by atoms with E-state index in [0.29, 0.717) is 30.5 Å². The second-order valence-electron chi connectivity index (χ2n) is 10.1. The van der Waals surface area contributed by atoms with E-state index in [1.165, 1.54) is 0 Å². The number of benzene rings is 1. The molecule has 184 valence electrons. The number of aliphatic imine (C=N–C) groups is 1. The standard InChI is InChI=1S/C27H34N6O2/c1-17-10-11-27(2,35)16-33(17)18-6-9-24(30-14-18)32-23-8-7-19(21-15-31-26(34)25(21)23)20(13-28)22-5-3-4-12-29-22/h6-9,13-14,17,35H,3-5,10-12,15-16,28H2,1-2H3,(H,30,32)(H,31,34)/t17-,27-/m0/s1. The van der Waals surface area contributed by atoms with Crippen molar-refractivity contribution in [2.75, 3.05) is 23.3 Å². The van der Waals surface area contributed by atoms with Crippen LogP contribution in [-0.2, 0) is 6.54 Å². The summed E-state index contributed by atoms with van der Waals surface area (Å²) in [6.45, 7) is 5.92. The van der Waals surface area contributed by atoms with E-state index in [4.69, 9.17) is 10.7 Å². The zero-order chi connectivity index (χ0) is 24.6. The highest BCUT2D eigenvalue weighted by atomic mass is 16.3. The van der Waals surface area contributed by atoms with Crippen LogP contribution in [0.2, 0.25) is 0 Å². The summed E-state index contributed by atoms with van der Waals surface area (Å²) in [4.78, 5) is 24.3. The number of carbonyl (C=O) groups is 1. The lowest BCUT2D eigenvalue weighted by Crippen LogP contribution is -2.50. The summed E-state index contributed by atoms with van der Waals surface area (Å²) in [5.74, 6) is 0.554. The van der Waals surface area contributed by atoms with Gasteiger partial charge in [0, 0.05) is 43.2 Å². The SMILES string of the molecule is C[C@H]1CC[C@](C)(O)CN1c1ccc(Nc2ccc(C(=CN)C3=NCCCC3)c3c2C(=O)NC3)nc1. The maximum absolute atomic E-state index is 12.8. The van der Waals surface area contributed by atoms with Crippen LogP contribution in [0.1, 0.15) is 67.4 Å². The van der Waals surface area contributed by atoms with Crippen LogP contribution in [0.15, 0.2) is 41.7 Å². The van der Waals surface area contributed by atoms with E-state index < -0.39 is 5.60 Å². The zero-order valence-electron chi connectivity index (χ0n) is 20.5. The molecule has 1 fully saturated rings. The predicted octanol–water partition coefficient (Wildman–Crippen LogP) is 3.73. The number of fused-ring (bicyclic) bond motifs is 1. The summed E-state index contributed by atoms with van der Waals surface area (Å²) < 4.78 is 0. The normalized spacial score (nSPS) is 24.6. The number of amides is 1. The molecule has 2 atom stereocenters. The van der Waals surface area contributed by atoms with Crippen LogP contribution in [0.4, 0.5) is 17.2 Å². The monoisotopic (exact) mass is 474 g/mol. The van der Waals surface area contributed by atoms with Crippen molar-refractivity contribution < 1.29 is 9.90 Å². The first kappa shape index (κ1) is 23.4. The summed E-state index contributed by atoms with van der Waals surface area (Å²) in [7, 11) is 0. The average Bonchev–Trinajstić information content (AvgIpc) is 3.26. The van der Waals surface area contributed by atoms with E-state index in [-0.39, 0.29) is 5.91 Å². The fraction of sp³-hybridized carbons (Fsp3) is 0.444. The number of β-amino-alcohol motifs (C(OH)–C–C–N with tert-alkyl or cyclic N) is 1. The minimum absolute atomic E-state index is 0.104. The zero-order valence-corrected chi connectivity index (χ0v) is 20.5. The maximum atomic E-state index is 12.8. The number of piperidine rings is 1. The topological polar surface area (TPSA) is 116 Å². The van der Waals surface area contributed by atoms with Gasteiger partial charge in [-0.1, -0.05) is 6.07 Å². The molecular formula is C27H34N6O2. The lowest BCUT2D eigenvalue weighted by atomic mass is 9.90. The quantitative estimate of drug-likeness (QED) is 0.525. The Morgan fingerprint density at radius 2 is 2.17 bits per heavy atom. The number of nitrogens with one attached hydrogen (secondary N) is 2. The summed E-state index contributed by atoms with van der Waals surface area (Å²) >= 11 is 0. The van der Waals surface area contributed by atoms with Crippen molar-refractivity contribution >= 4 is 34.4 Å². The van der Waals surface area contributed by atoms with Crippen LogP contribution < -0.4 is 21.3 Å². The van der Waals surface area contributed by atoms with Gasteiger partial charge in [0.1, 0.15) is 5.82 Å². The van der Waals surface area contributed by atoms with Gasteiger partial charge in [0.05, 0.1) is 28.7 Å². The number of nitrogens with zero attached hydrogens (tertiary/aromatic N) is 3. The van der Waals surface area contributed by atoms with Crippen molar-refractivity contribution in [3.05, 3.63) is 53.4 Å². The number of allylic oxidation sites excluding steroid dienone is 1. The number of rotatable bonds is 5. The molecule has 4 heterocycles. The number of aliphatic hydroxyl groups is 1. The van der Waals surface area contributed by atoms with Crippen LogP contribution in [0.3, 0.4) is 0 Å². The second-order valence-corrected chi connectivity index (χ2v) is 10.1. The number of aromatic nitrogens is 1. The molecule has 0 unspecified atom stereocenters. The van der Waals surface area contributed by atoms with Crippen molar-refractivity contribution in [2.45, 2.75) is 64.1 Å². The molecule has 3 aliphatic heterocycles. The summed E-state index contributed by atoms with van der Waals surface area (Å²) in [6.07, 6.45) is 8.29. The van der Waals surface area contributed by atoms with Crippen molar-refractivity contribution in [3.8, 4) is 0 Å². The van der Waals surface area contributed by atoms with E-state index in [1.54, 1.807) is 6.20 Å². The minimum Gasteiger partial charge on any atom is -0.404 e. The van der Waals surface area contributed by atoms with Gasteiger partial charge < -0.3 is 26.4 Å². The van der Waals surface area contributed by atoms with Crippen molar-refractivity contribution in [1.82, 2.24) is 10.3 Å². The third kappa shape index (κ3) is 4.62. The molecule has 1 aromatic carbocycles. The van der Waals surface area contributed by atoms with Gasteiger partial charge >= 0.3 is 0 Å². The number of anilines is 3. The van der Waals surface area contributed by atoms with E-state index in [0.717, 1.165) is 72.4 Å². The molecule has 0 radical (unpaired) electrons. The highest BCUT2D eigenvalue weighted by molar-refractivity contribution is 6.25. The average molecular weight is 475 g/mol. The van der Waals surface area contributed by atoms with Crippen LogP contribution in [-0.4, -0.2) is 46.4 Å². The van der Waals surface area contributed by atoms with Gasteiger partial charge in [0.2, 0.25) is 0 Å². The van der Waals surface area contributed by atoms with Crippen LogP contribution in [0, 0.1) is 0 Å². The van der Waals surface area contributed by atoms with Gasteiger partial charge in [-0.25, -0.2) is 4.98 Å². The Labute approximate surface area is 206 Å². The Morgan fingerprint density at radius 3 is 2.89 bits per heavy atom. The second kappa shape index (κ2) is 9.34. The molecule has 0 saturated carbocycles. The maximum Gasteiger partial charge on any atom is 0.254 e. The molecule has 1 saturated heterocycles. The van der Waals surface area contributed by atoms with E-state index in [1.807, 2.05) is 37.4 Å². The van der Waals surface area contributed by atoms with Crippen molar-refractivity contribution in [1.29, 1.82) is 0 Å². The first-order valence-corrected chi connectivity index (χ1v) is 12.5. The highest BCUT2D eigenvalue weighted by Gasteiger charge is 2.33. The molecule has 0 bridgehead atoms. The number of hydrogen-bond donors (Lipinski definition) is 4. The van der Waals surface area contributed by atoms with E-state index >= 15 is 0 Å². The molecule has 8 heteroatoms. The molecule has 5 N–H and O–H groups in total. The Balaban J connectivity index is 1.41. The molecule has 3 aliphatic rings. The fourth-order valence-corrected chi connectivity index (χ4v) is 5.35. The van der Waals surface area contributed by atoms with Gasteiger partial charge in [0.15, 0.2) is 0 Å². The molecule has 1 aromatic heterocycles. The summed E-state index contributed by atoms with van der Waals surface area (Å²) in [6, 6.07) is 8.21. The lowest BCUT2D eigenvalue weighted by molar-refractivity contribution is 0.0378. The first-order valence-electron chi connectivity index (χ1n) is 12.5. The minimum atomic E-state index is -0.695. The highest BCUT2D eigenvalue weighted by Crippen LogP contribution is 2.35. The molecule has 2 aromatic rings. The van der Waals surface area contributed by atoms with Crippen molar-refractivity contribution in [3.63, 3.8) is 0 Å². The number of carbonyl (C=O) groups excluding carboxylic acids is 1. The lowest BCUT2D eigenvalue weighted by Gasteiger charge is -2.42. The Kier molecular flexibility index (Phi) is 6.23.